The summed E-state index contributed by atoms with van der Waals surface area (Å²) in [6, 6.07) is 7.84. The van der Waals surface area contributed by atoms with Gasteiger partial charge >= 0.3 is 0 Å². The summed E-state index contributed by atoms with van der Waals surface area (Å²) >= 11 is 0. The van der Waals surface area contributed by atoms with E-state index in [1.165, 1.54) is 0 Å². The van der Waals surface area contributed by atoms with E-state index >= 15 is 0 Å². The maximum absolute atomic E-state index is 5.91. The largest absolute Gasteiger partial charge is 0.486 e. The first-order chi connectivity index (χ1) is 9.42. The summed E-state index contributed by atoms with van der Waals surface area (Å²) in [6.07, 6.45) is 2.44. The lowest BCUT2D eigenvalue weighted by Gasteiger charge is -2.28. The molecule has 0 radical (unpaired) electrons. The highest BCUT2D eigenvalue weighted by molar-refractivity contribution is 5.40. The molecule has 0 aliphatic carbocycles. The number of ether oxygens (including phenoxy) is 3. The van der Waals surface area contributed by atoms with Crippen molar-refractivity contribution >= 4 is 0 Å². The minimum atomic E-state index is 0.106. The van der Waals surface area contributed by atoms with E-state index in [9.17, 15) is 0 Å². The Morgan fingerprint density at radius 1 is 1.05 bits per heavy atom. The topological polar surface area (TPSA) is 39.7 Å². The third-order valence-electron chi connectivity index (χ3n) is 3.71. The van der Waals surface area contributed by atoms with Crippen molar-refractivity contribution in [1.29, 1.82) is 0 Å². The first kappa shape index (κ1) is 12.8. The van der Waals surface area contributed by atoms with Gasteiger partial charge in [-0.1, -0.05) is 12.1 Å². The van der Waals surface area contributed by atoms with Crippen LogP contribution in [-0.4, -0.2) is 39.0 Å². The summed E-state index contributed by atoms with van der Waals surface area (Å²) in [6.45, 7) is 4.32. The van der Waals surface area contributed by atoms with Crippen molar-refractivity contribution in [3.8, 4) is 11.5 Å². The van der Waals surface area contributed by atoms with Crippen molar-refractivity contribution in [2.75, 3.05) is 32.9 Å². The van der Waals surface area contributed by atoms with Gasteiger partial charge in [-0.3, -0.25) is 0 Å². The lowest BCUT2D eigenvalue weighted by atomic mass is 10.0. The van der Waals surface area contributed by atoms with E-state index < -0.39 is 0 Å². The summed E-state index contributed by atoms with van der Waals surface area (Å²) in [5.41, 5.74) is 0. The molecule has 2 aliphatic heterocycles. The molecule has 2 heterocycles. The van der Waals surface area contributed by atoms with Gasteiger partial charge in [-0.05, 0) is 37.4 Å². The van der Waals surface area contributed by atoms with Crippen molar-refractivity contribution in [2.45, 2.75) is 18.9 Å². The molecule has 0 spiro atoms. The summed E-state index contributed by atoms with van der Waals surface area (Å²) < 4.78 is 17.0. The van der Waals surface area contributed by atoms with Crippen LogP contribution >= 0.6 is 0 Å². The van der Waals surface area contributed by atoms with Crippen LogP contribution in [0.5, 0.6) is 11.5 Å². The fourth-order valence-corrected chi connectivity index (χ4v) is 2.56. The van der Waals surface area contributed by atoms with Gasteiger partial charge in [0.15, 0.2) is 11.5 Å². The van der Waals surface area contributed by atoms with E-state index in [2.05, 4.69) is 5.32 Å². The molecular weight excluding hydrogens is 242 g/mol. The van der Waals surface area contributed by atoms with Crippen LogP contribution in [0.2, 0.25) is 0 Å². The normalized spacial score (nSPS) is 23.3. The first-order valence-electron chi connectivity index (χ1n) is 7.09. The smallest absolute Gasteiger partial charge is 0.161 e. The third kappa shape index (κ3) is 3.39. The van der Waals surface area contributed by atoms with Gasteiger partial charge < -0.3 is 19.5 Å². The van der Waals surface area contributed by atoms with Crippen molar-refractivity contribution < 1.29 is 14.2 Å². The highest BCUT2D eigenvalue weighted by Crippen LogP contribution is 2.30. The fourth-order valence-electron chi connectivity index (χ4n) is 2.56. The van der Waals surface area contributed by atoms with Crippen LogP contribution < -0.4 is 14.8 Å². The lowest BCUT2D eigenvalue weighted by Crippen LogP contribution is -2.40. The molecule has 0 amide bonds. The van der Waals surface area contributed by atoms with Crippen LogP contribution in [-0.2, 0) is 4.74 Å². The Morgan fingerprint density at radius 3 is 2.68 bits per heavy atom. The summed E-state index contributed by atoms with van der Waals surface area (Å²) in [7, 11) is 0. The minimum Gasteiger partial charge on any atom is -0.486 e. The van der Waals surface area contributed by atoms with E-state index in [1.807, 2.05) is 24.3 Å². The quantitative estimate of drug-likeness (QED) is 0.900. The third-order valence-corrected chi connectivity index (χ3v) is 3.71. The van der Waals surface area contributed by atoms with Gasteiger partial charge in [0.2, 0.25) is 0 Å². The molecule has 1 fully saturated rings. The van der Waals surface area contributed by atoms with Gasteiger partial charge in [0.05, 0.1) is 0 Å². The van der Waals surface area contributed by atoms with Crippen molar-refractivity contribution in [3.05, 3.63) is 24.3 Å². The molecule has 3 rings (SSSR count). The van der Waals surface area contributed by atoms with E-state index in [1.54, 1.807) is 0 Å². The number of rotatable bonds is 4. The molecule has 2 aliphatic rings. The SMILES string of the molecule is c1ccc2c(c1)OCC(CNCC1CCOCC1)O2. The second-order valence-electron chi connectivity index (χ2n) is 5.21. The average Bonchev–Trinajstić information content (AvgIpc) is 2.48. The maximum atomic E-state index is 5.91. The van der Waals surface area contributed by atoms with Crippen molar-refractivity contribution in [2.24, 2.45) is 5.92 Å². The highest BCUT2D eigenvalue weighted by Gasteiger charge is 2.21. The Balaban J connectivity index is 1.42. The Bertz CT molecular complexity index is 404. The molecule has 1 aromatic rings. The Hall–Kier alpha value is -1.26. The van der Waals surface area contributed by atoms with Gasteiger partial charge in [-0.25, -0.2) is 0 Å². The molecule has 1 N–H and O–H groups in total. The fraction of sp³-hybridized carbons (Fsp3) is 0.600. The van der Waals surface area contributed by atoms with Gasteiger partial charge in [0.1, 0.15) is 12.7 Å². The highest BCUT2D eigenvalue weighted by atomic mass is 16.6. The number of benzene rings is 1. The molecule has 0 bridgehead atoms. The van der Waals surface area contributed by atoms with Gasteiger partial charge in [0, 0.05) is 19.8 Å². The molecule has 1 unspecified atom stereocenters. The number of para-hydroxylation sites is 2. The predicted molar refractivity (Wildman–Crippen MR) is 72.8 cm³/mol. The Morgan fingerprint density at radius 2 is 1.84 bits per heavy atom. The molecule has 0 aromatic heterocycles. The van der Waals surface area contributed by atoms with E-state index in [0.717, 1.165) is 56.6 Å². The summed E-state index contributed by atoms with van der Waals surface area (Å²) in [5.74, 6) is 2.44. The molecule has 1 saturated heterocycles. The van der Waals surface area contributed by atoms with E-state index in [4.69, 9.17) is 14.2 Å². The molecule has 4 heteroatoms. The molecule has 1 aromatic carbocycles. The van der Waals surface area contributed by atoms with Crippen LogP contribution in [0, 0.1) is 5.92 Å². The van der Waals surface area contributed by atoms with Crippen LogP contribution in [0.4, 0.5) is 0 Å². The number of hydrogen-bond acceptors (Lipinski definition) is 4. The summed E-state index contributed by atoms with van der Waals surface area (Å²) in [4.78, 5) is 0. The standard InChI is InChI=1S/C15H21NO3/c1-2-4-15-14(3-1)18-11-13(19-15)10-16-9-12-5-7-17-8-6-12/h1-4,12-13,16H,5-11H2. The average molecular weight is 263 g/mol. The molecule has 4 nitrogen and oxygen atoms in total. The van der Waals surface area contributed by atoms with E-state index in [-0.39, 0.29) is 6.10 Å². The zero-order chi connectivity index (χ0) is 12.9. The van der Waals surface area contributed by atoms with Crippen molar-refractivity contribution in [3.63, 3.8) is 0 Å². The molecule has 0 saturated carbocycles. The molecule has 19 heavy (non-hydrogen) atoms. The molecule has 1 atom stereocenters. The first-order valence-corrected chi connectivity index (χ1v) is 7.09. The van der Waals surface area contributed by atoms with Crippen LogP contribution in [0.1, 0.15) is 12.8 Å². The van der Waals surface area contributed by atoms with Crippen molar-refractivity contribution in [1.82, 2.24) is 5.32 Å². The van der Waals surface area contributed by atoms with E-state index in [0.29, 0.717) is 6.61 Å². The lowest BCUT2D eigenvalue weighted by molar-refractivity contribution is 0.0618. The zero-order valence-corrected chi connectivity index (χ0v) is 11.1. The van der Waals surface area contributed by atoms with Crippen LogP contribution in [0.25, 0.3) is 0 Å². The number of fused-ring (bicyclic) bond motifs is 1. The second kappa shape index (κ2) is 6.26. The summed E-state index contributed by atoms with van der Waals surface area (Å²) in [5, 5.41) is 3.50. The monoisotopic (exact) mass is 263 g/mol. The predicted octanol–water partition coefficient (Wildman–Crippen LogP) is 1.84. The number of nitrogens with one attached hydrogen (secondary N) is 1. The zero-order valence-electron chi connectivity index (χ0n) is 11.1. The molecule has 104 valence electrons. The Labute approximate surface area is 114 Å². The maximum Gasteiger partial charge on any atom is 0.161 e. The van der Waals surface area contributed by atoms with Crippen LogP contribution in [0.15, 0.2) is 24.3 Å². The second-order valence-corrected chi connectivity index (χ2v) is 5.21. The number of hydrogen-bond donors (Lipinski definition) is 1. The van der Waals surface area contributed by atoms with Gasteiger partial charge in [0.25, 0.3) is 0 Å². The van der Waals surface area contributed by atoms with Crippen LogP contribution in [0.3, 0.4) is 0 Å². The Kier molecular flexibility index (Phi) is 4.20. The minimum absolute atomic E-state index is 0.106. The molecular formula is C15H21NO3. The van der Waals surface area contributed by atoms with Gasteiger partial charge in [-0.2, -0.15) is 0 Å². The van der Waals surface area contributed by atoms with Gasteiger partial charge in [-0.15, -0.1) is 0 Å².